The number of nitrogens with two attached hydrogens (primary N) is 1. The van der Waals surface area contributed by atoms with Crippen LogP contribution in [0.4, 0.5) is 5.82 Å². The summed E-state index contributed by atoms with van der Waals surface area (Å²) in [6.07, 6.45) is 2.30. The fourth-order valence-corrected chi connectivity index (χ4v) is 2.30. The molecular weight excluding hydrogens is 216 g/mol. The van der Waals surface area contributed by atoms with Crippen LogP contribution in [0.2, 0.25) is 0 Å². The van der Waals surface area contributed by atoms with Gasteiger partial charge in [0, 0.05) is 26.2 Å². The Labute approximate surface area is 102 Å². The highest BCUT2D eigenvalue weighted by Gasteiger charge is 2.28. The summed E-state index contributed by atoms with van der Waals surface area (Å²) >= 11 is 0. The van der Waals surface area contributed by atoms with Crippen LogP contribution in [-0.2, 0) is 4.74 Å². The van der Waals surface area contributed by atoms with Crippen LogP contribution in [0.5, 0.6) is 0 Å². The quantitative estimate of drug-likeness (QED) is 0.838. The molecule has 0 bridgehead atoms. The summed E-state index contributed by atoms with van der Waals surface area (Å²) in [5, 5.41) is 8.33. The summed E-state index contributed by atoms with van der Waals surface area (Å²) in [4.78, 5) is 2.24. The molecule has 2 N–H and O–H groups in total. The van der Waals surface area contributed by atoms with E-state index in [-0.39, 0.29) is 0 Å². The molecule has 2 atom stereocenters. The molecule has 0 spiro atoms. The molecule has 5 heteroatoms. The molecule has 17 heavy (non-hydrogen) atoms. The number of piperidine rings is 1. The summed E-state index contributed by atoms with van der Waals surface area (Å²) in [7, 11) is 1.76. The van der Waals surface area contributed by atoms with E-state index in [1.807, 2.05) is 19.1 Å². The highest BCUT2D eigenvalue weighted by atomic mass is 16.5. The molecule has 1 aromatic heterocycles. The van der Waals surface area contributed by atoms with Gasteiger partial charge in [-0.2, -0.15) is 5.10 Å². The number of aryl methyl sites for hydroxylation is 1. The third kappa shape index (κ3) is 2.73. The van der Waals surface area contributed by atoms with Gasteiger partial charge in [0.05, 0.1) is 11.8 Å². The molecule has 1 fully saturated rings. The van der Waals surface area contributed by atoms with Crippen molar-refractivity contribution < 1.29 is 4.74 Å². The first-order valence-electron chi connectivity index (χ1n) is 6.04. The maximum atomic E-state index is 5.83. The van der Waals surface area contributed by atoms with Crippen LogP contribution >= 0.6 is 0 Å². The second kappa shape index (κ2) is 5.42. The van der Waals surface area contributed by atoms with Crippen LogP contribution in [-0.4, -0.2) is 42.5 Å². The van der Waals surface area contributed by atoms with Gasteiger partial charge < -0.3 is 15.4 Å². The van der Waals surface area contributed by atoms with Crippen LogP contribution in [0.15, 0.2) is 12.1 Å². The minimum atomic E-state index is 0.297. The standard InChI is InChI=1S/C12H20N4O/c1-9-3-4-12(15-14-9)16-6-5-11(17-2)7-10(16)8-13/h3-4,10-11H,5-8,13H2,1-2H3. The molecule has 2 rings (SSSR count). The third-order valence-electron chi connectivity index (χ3n) is 3.35. The smallest absolute Gasteiger partial charge is 0.151 e. The SMILES string of the molecule is COC1CCN(c2ccc(C)nn2)C(CN)C1. The van der Waals surface area contributed by atoms with Crippen molar-refractivity contribution in [3.05, 3.63) is 17.8 Å². The number of hydrogen-bond acceptors (Lipinski definition) is 5. The minimum absolute atomic E-state index is 0.297. The normalized spacial score (nSPS) is 25.0. The van der Waals surface area contributed by atoms with Gasteiger partial charge in [-0.25, -0.2) is 0 Å². The van der Waals surface area contributed by atoms with E-state index < -0.39 is 0 Å². The molecule has 1 aliphatic heterocycles. The molecule has 0 radical (unpaired) electrons. The van der Waals surface area contributed by atoms with Gasteiger partial charge in [-0.3, -0.25) is 0 Å². The predicted octanol–water partition coefficient (Wildman–Crippen LogP) is 0.728. The fraction of sp³-hybridized carbons (Fsp3) is 0.667. The Balaban J connectivity index is 2.12. The Hall–Kier alpha value is -1.20. The molecule has 0 saturated carbocycles. The van der Waals surface area contributed by atoms with Crippen molar-refractivity contribution in [3.63, 3.8) is 0 Å². The Morgan fingerprint density at radius 1 is 1.47 bits per heavy atom. The Morgan fingerprint density at radius 2 is 2.29 bits per heavy atom. The fourth-order valence-electron chi connectivity index (χ4n) is 2.30. The Kier molecular flexibility index (Phi) is 3.91. The van der Waals surface area contributed by atoms with Crippen molar-refractivity contribution in [2.24, 2.45) is 5.73 Å². The average Bonchev–Trinajstić information content (AvgIpc) is 2.39. The lowest BCUT2D eigenvalue weighted by atomic mass is 9.99. The van der Waals surface area contributed by atoms with Crippen molar-refractivity contribution in [2.45, 2.75) is 31.9 Å². The van der Waals surface area contributed by atoms with Gasteiger partial charge in [-0.15, -0.1) is 5.10 Å². The predicted molar refractivity (Wildman–Crippen MR) is 67.0 cm³/mol. The first kappa shape index (κ1) is 12.3. The van der Waals surface area contributed by atoms with E-state index in [1.165, 1.54) is 0 Å². The van der Waals surface area contributed by atoms with Crippen molar-refractivity contribution in [3.8, 4) is 0 Å². The zero-order chi connectivity index (χ0) is 12.3. The number of anilines is 1. The second-order valence-electron chi connectivity index (χ2n) is 4.50. The molecule has 1 aliphatic rings. The van der Waals surface area contributed by atoms with Gasteiger partial charge in [0.1, 0.15) is 0 Å². The zero-order valence-electron chi connectivity index (χ0n) is 10.5. The van der Waals surface area contributed by atoms with E-state index in [1.54, 1.807) is 7.11 Å². The maximum Gasteiger partial charge on any atom is 0.151 e. The molecular formula is C12H20N4O. The van der Waals surface area contributed by atoms with Crippen molar-refractivity contribution in [2.75, 3.05) is 25.1 Å². The summed E-state index contributed by atoms with van der Waals surface area (Å²) in [6, 6.07) is 4.29. The van der Waals surface area contributed by atoms with Crippen LogP contribution in [0.3, 0.4) is 0 Å². The molecule has 0 aliphatic carbocycles. The first-order chi connectivity index (χ1) is 8.24. The molecule has 94 valence electrons. The number of nitrogens with zero attached hydrogens (tertiary/aromatic N) is 3. The number of ether oxygens (including phenoxy) is 1. The molecule has 5 nitrogen and oxygen atoms in total. The highest BCUT2D eigenvalue weighted by molar-refractivity contribution is 5.39. The summed E-state index contributed by atoms with van der Waals surface area (Å²) in [6.45, 7) is 3.49. The number of hydrogen-bond donors (Lipinski definition) is 1. The Morgan fingerprint density at radius 3 is 2.88 bits per heavy atom. The summed E-state index contributed by atoms with van der Waals surface area (Å²) < 4.78 is 5.41. The molecule has 2 unspecified atom stereocenters. The van der Waals surface area contributed by atoms with Gasteiger partial charge in [0.2, 0.25) is 0 Å². The van der Waals surface area contributed by atoms with Gasteiger partial charge >= 0.3 is 0 Å². The van der Waals surface area contributed by atoms with E-state index in [0.29, 0.717) is 18.7 Å². The third-order valence-corrected chi connectivity index (χ3v) is 3.35. The number of methoxy groups -OCH3 is 1. The van der Waals surface area contributed by atoms with Crippen LogP contribution in [0, 0.1) is 6.92 Å². The van der Waals surface area contributed by atoms with E-state index in [2.05, 4.69) is 15.1 Å². The lowest BCUT2D eigenvalue weighted by Crippen LogP contribution is -2.49. The monoisotopic (exact) mass is 236 g/mol. The van der Waals surface area contributed by atoms with Gasteiger partial charge in [0.15, 0.2) is 5.82 Å². The van der Waals surface area contributed by atoms with E-state index >= 15 is 0 Å². The average molecular weight is 236 g/mol. The summed E-state index contributed by atoms with van der Waals surface area (Å²) in [5.74, 6) is 0.917. The molecule has 2 heterocycles. The van der Waals surface area contributed by atoms with Crippen LogP contribution < -0.4 is 10.6 Å². The second-order valence-corrected chi connectivity index (χ2v) is 4.50. The van der Waals surface area contributed by atoms with Gasteiger partial charge in [-0.05, 0) is 31.9 Å². The highest BCUT2D eigenvalue weighted by Crippen LogP contribution is 2.23. The Bertz CT molecular complexity index is 354. The summed E-state index contributed by atoms with van der Waals surface area (Å²) in [5.41, 5.74) is 6.77. The van der Waals surface area contributed by atoms with Crippen LogP contribution in [0.25, 0.3) is 0 Å². The molecule has 1 saturated heterocycles. The van der Waals surface area contributed by atoms with Gasteiger partial charge in [-0.1, -0.05) is 0 Å². The minimum Gasteiger partial charge on any atom is -0.381 e. The number of rotatable bonds is 3. The number of aromatic nitrogens is 2. The zero-order valence-corrected chi connectivity index (χ0v) is 10.5. The van der Waals surface area contributed by atoms with E-state index in [0.717, 1.165) is 30.9 Å². The van der Waals surface area contributed by atoms with Crippen molar-refractivity contribution >= 4 is 5.82 Å². The maximum absolute atomic E-state index is 5.83. The van der Waals surface area contributed by atoms with E-state index in [9.17, 15) is 0 Å². The molecule has 0 aromatic carbocycles. The topological polar surface area (TPSA) is 64.3 Å². The molecule has 1 aromatic rings. The lowest BCUT2D eigenvalue weighted by Gasteiger charge is -2.38. The van der Waals surface area contributed by atoms with Crippen molar-refractivity contribution in [1.29, 1.82) is 0 Å². The lowest BCUT2D eigenvalue weighted by molar-refractivity contribution is 0.0707. The van der Waals surface area contributed by atoms with Crippen LogP contribution in [0.1, 0.15) is 18.5 Å². The largest absolute Gasteiger partial charge is 0.381 e. The van der Waals surface area contributed by atoms with E-state index in [4.69, 9.17) is 10.5 Å². The molecule has 0 amide bonds. The van der Waals surface area contributed by atoms with Gasteiger partial charge in [0.25, 0.3) is 0 Å². The van der Waals surface area contributed by atoms with Crippen molar-refractivity contribution in [1.82, 2.24) is 10.2 Å². The first-order valence-corrected chi connectivity index (χ1v) is 6.04.